The van der Waals surface area contributed by atoms with Gasteiger partial charge in [0, 0.05) is 5.25 Å². The van der Waals surface area contributed by atoms with Crippen molar-refractivity contribution in [2.24, 2.45) is 0 Å². The lowest BCUT2D eigenvalue weighted by Gasteiger charge is -2.11. The van der Waals surface area contributed by atoms with Crippen LogP contribution in [0.4, 0.5) is 0 Å². The fourth-order valence-corrected chi connectivity index (χ4v) is 2.56. The minimum absolute atomic E-state index is 0.220. The van der Waals surface area contributed by atoms with Crippen LogP contribution in [0.1, 0.15) is 20.8 Å². The fraction of sp³-hybridized carbons (Fsp3) is 0.333. The van der Waals surface area contributed by atoms with Gasteiger partial charge in [0.05, 0.1) is 0 Å². The molecule has 1 atom stereocenters. The summed E-state index contributed by atoms with van der Waals surface area (Å²) in [5.74, 6) is 0. The summed E-state index contributed by atoms with van der Waals surface area (Å²) in [6.45, 7) is 13.4. The smallest absolute Gasteiger partial charge is 0.0345 e. The van der Waals surface area contributed by atoms with Crippen LogP contribution in [-0.4, -0.2) is 15.3 Å². The number of terminal acetylenes is 1. The third-order valence-corrected chi connectivity index (χ3v) is 4.30. The average molecular weight is 192 g/mol. The minimum atomic E-state index is -1.55. The Morgan fingerprint density at radius 3 is 2.08 bits per heavy atom. The Labute approximate surface area is 82.2 Å². The van der Waals surface area contributed by atoms with Gasteiger partial charge < -0.3 is 0 Å². The van der Waals surface area contributed by atoms with Gasteiger partial charge in [0.2, 0.25) is 0 Å². The second-order valence-electron chi connectivity index (χ2n) is 3.02. The summed E-state index contributed by atoms with van der Waals surface area (Å²) in [7, 11) is -1.55. The first-order valence-electron chi connectivity index (χ1n) is 4.04. The minimum Gasteiger partial charge on any atom is -0.108 e. The summed E-state index contributed by atoms with van der Waals surface area (Å²) in [5, 5.41) is 8.73. The first kappa shape index (κ1) is 11.9. The number of hydrogen-bond donors (Lipinski definition) is 0. The van der Waals surface area contributed by atoms with E-state index in [1.54, 1.807) is 0 Å². The van der Waals surface area contributed by atoms with Gasteiger partial charge in [-0.05, 0) is 39.2 Å². The number of rotatable bonds is 2. The van der Waals surface area contributed by atoms with Crippen LogP contribution in [0.5, 0.6) is 0 Å². The lowest BCUT2D eigenvalue weighted by Crippen LogP contribution is -1.98. The second kappa shape index (κ2) is 4.85. The van der Waals surface area contributed by atoms with E-state index in [1.807, 2.05) is 13.8 Å². The predicted molar refractivity (Wildman–Crippen MR) is 66.6 cm³/mol. The van der Waals surface area contributed by atoms with Crippen LogP contribution in [-0.2, 0) is 0 Å². The van der Waals surface area contributed by atoms with Crippen LogP contribution in [0.25, 0.3) is 0 Å². The SMILES string of the molecule is C#CS(=C=C)(=C=C)C(C)C=C(C)C. The van der Waals surface area contributed by atoms with Crippen molar-refractivity contribution >= 4 is 19.3 Å². The molecule has 0 fully saturated rings. The van der Waals surface area contributed by atoms with Crippen molar-refractivity contribution in [1.82, 2.24) is 0 Å². The maximum atomic E-state index is 5.46. The van der Waals surface area contributed by atoms with Crippen LogP contribution in [0.2, 0.25) is 0 Å². The molecule has 0 N–H and O–H groups in total. The molecule has 1 heteroatoms. The Morgan fingerprint density at radius 1 is 1.38 bits per heavy atom. The van der Waals surface area contributed by atoms with E-state index in [1.165, 1.54) is 5.57 Å². The lowest BCUT2D eigenvalue weighted by atomic mass is 10.3. The van der Waals surface area contributed by atoms with Crippen molar-refractivity contribution in [3.63, 3.8) is 0 Å². The second-order valence-corrected chi connectivity index (χ2v) is 5.89. The van der Waals surface area contributed by atoms with E-state index in [0.717, 1.165) is 0 Å². The highest BCUT2D eigenvalue weighted by Gasteiger charge is 2.05. The molecule has 0 spiro atoms. The Bertz CT molecular complexity index is 387. The van der Waals surface area contributed by atoms with Crippen molar-refractivity contribution in [3.8, 4) is 11.7 Å². The molecule has 0 heterocycles. The Morgan fingerprint density at radius 2 is 1.85 bits per heavy atom. The molecule has 0 saturated heterocycles. The molecule has 0 nitrogen and oxygen atoms in total. The van der Waals surface area contributed by atoms with Gasteiger partial charge in [0.15, 0.2) is 0 Å². The van der Waals surface area contributed by atoms with Crippen molar-refractivity contribution < 1.29 is 0 Å². The summed E-state index contributed by atoms with van der Waals surface area (Å²) >= 11 is 0. The van der Waals surface area contributed by atoms with Crippen LogP contribution in [0.15, 0.2) is 24.8 Å². The van der Waals surface area contributed by atoms with Crippen molar-refractivity contribution in [1.29, 1.82) is 0 Å². The highest BCUT2D eigenvalue weighted by Crippen LogP contribution is 2.27. The fourth-order valence-electron chi connectivity index (χ4n) is 1.08. The van der Waals surface area contributed by atoms with Gasteiger partial charge in [0.25, 0.3) is 0 Å². The number of hydrogen-bond acceptors (Lipinski definition) is 0. The van der Waals surface area contributed by atoms with Gasteiger partial charge >= 0.3 is 0 Å². The largest absolute Gasteiger partial charge is 0.108 e. The van der Waals surface area contributed by atoms with E-state index in [4.69, 9.17) is 6.42 Å². The summed E-state index contributed by atoms with van der Waals surface area (Å²) < 4.78 is 0. The molecule has 0 aliphatic heterocycles. The monoisotopic (exact) mass is 192 g/mol. The molecule has 0 aromatic carbocycles. The van der Waals surface area contributed by atoms with E-state index in [9.17, 15) is 0 Å². The standard InChI is InChI=1S/C12H16S/c1-7-13(8-2,9-3)12(6)10-11(4)5/h1,10,12H,2-3H2,4-6H3. The summed E-state index contributed by atoms with van der Waals surface area (Å²) in [4.78, 5) is 0. The molecule has 1 unspecified atom stereocenters. The van der Waals surface area contributed by atoms with E-state index >= 15 is 0 Å². The van der Waals surface area contributed by atoms with E-state index in [2.05, 4.69) is 41.5 Å². The van der Waals surface area contributed by atoms with Crippen LogP contribution in [0.3, 0.4) is 0 Å². The topological polar surface area (TPSA) is 0 Å². The molecular weight excluding hydrogens is 176 g/mol. The molecule has 0 radical (unpaired) electrons. The highest BCUT2D eigenvalue weighted by atomic mass is 32.2. The molecular formula is C12H16S. The maximum Gasteiger partial charge on any atom is 0.0345 e. The van der Waals surface area contributed by atoms with E-state index in [0.29, 0.717) is 0 Å². The summed E-state index contributed by atoms with van der Waals surface area (Å²) in [6.07, 6.45) is 7.57. The summed E-state index contributed by atoms with van der Waals surface area (Å²) in [6, 6.07) is 0. The van der Waals surface area contributed by atoms with Crippen molar-refractivity contribution in [3.05, 3.63) is 24.8 Å². The normalized spacial score (nSPS) is 11.8. The average Bonchev–Trinajstić information content (AvgIpc) is 2.07. The molecule has 0 rings (SSSR count). The molecule has 0 aliphatic rings. The Kier molecular flexibility index (Phi) is 4.46. The molecule has 0 aliphatic carbocycles. The zero-order chi connectivity index (χ0) is 10.5. The van der Waals surface area contributed by atoms with Gasteiger partial charge in [-0.25, -0.2) is 0 Å². The quantitative estimate of drug-likeness (QED) is 0.358. The van der Waals surface area contributed by atoms with Gasteiger partial charge in [-0.15, -0.1) is 6.42 Å². The van der Waals surface area contributed by atoms with E-state index < -0.39 is 9.21 Å². The first-order chi connectivity index (χ1) is 6.02. The zero-order valence-electron chi connectivity index (χ0n) is 8.55. The lowest BCUT2D eigenvalue weighted by molar-refractivity contribution is 1.20. The molecule has 0 aromatic rings. The third-order valence-electron chi connectivity index (χ3n) is 1.77. The van der Waals surface area contributed by atoms with Gasteiger partial charge in [0.1, 0.15) is 0 Å². The van der Waals surface area contributed by atoms with Crippen LogP contribution >= 0.6 is 9.21 Å². The molecule has 0 bridgehead atoms. The third kappa shape index (κ3) is 2.72. The number of allylic oxidation sites excluding steroid dienone is 1. The van der Waals surface area contributed by atoms with Gasteiger partial charge in [-0.2, -0.15) is 0 Å². The Balaban J connectivity index is 5.58. The molecule has 70 valence electrons. The van der Waals surface area contributed by atoms with Crippen molar-refractivity contribution in [2.45, 2.75) is 26.0 Å². The molecule has 0 aromatic heterocycles. The van der Waals surface area contributed by atoms with Gasteiger partial charge in [-0.1, -0.05) is 30.9 Å². The molecule has 0 amide bonds. The van der Waals surface area contributed by atoms with Crippen molar-refractivity contribution in [2.75, 3.05) is 0 Å². The van der Waals surface area contributed by atoms with Crippen LogP contribution < -0.4 is 0 Å². The highest BCUT2D eigenvalue weighted by molar-refractivity contribution is 8.32. The predicted octanol–water partition coefficient (Wildman–Crippen LogP) is 2.91. The Hall–Kier alpha value is -1.05. The van der Waals surface area contributed by atoms with E-state index in [-0.39, 0.29) is 5.25 Å². The zero-order valence-corrected chi connectivity index (χ0v) is 9.37. The van der Waals surface area contributed by atoms with Crippen LogP contribution in [0, 0.1) is 11.7 Å². The first-order valence-corrected chi connectivity index (χ1v) is 5.74. The summed E-state index contributed by atoms with van der Waals surface area (Å²) in [5.41, 5.74) is 1.24. The maximum absolute atomic E-state index is 5.46. The van der Waals surface area contributed by atoms with Gasteiger partial charge in [-0.3, -0.25) is 0 Å². The molecule has 13 heavy (non-hydrogen) atoms. The molecule has 0 saturated carbocycles.